The van der Waals surface area contributed by atoms with Gasteiger partial charge in [0.05, 0.1) is 23.5 Å². The van der Waals surface area contributed by atoms with Gasteiger partial charge in [-0.05, 0) is 60.9 Å². The van der Waals surface area contributed by atoms with E-state index in [4.69, 9.17) is 16.6 Å². The summed E-state index contributed by atoms with van der Waals surface area (Å²) < 4.78 is 0. The van der Waals surface area contributed by atoms with Crippen LogP contribution in [0, 0.1) is 5.41 Å². The molecule has 0 radical (unpaired) electrons. The Labute approximate surface area is 173 Å². The second kappa shape index (κ2) is 7.79. The molecular formula is C24H30ClN3. The zero-order valence-electron chi connectivity index (χ0n) is 16.9. The summed E-state index contributed by atoms with van der Waals surface area (Å²) in [5, 5.41) is 8.30. The fourth-order valence-electron chi connectivity index (χ4n) is 4.79. The normalized spacial score (nSPS) is 21.0. The van der Waals surface area contributed by atoms with E-state index < -0.39 is 0 Å². The van der Waals surface area contributed by atoms with Crippen molar-refractivity contribution in [3.63, 3.8) is 0 Å². The second-order valence-corrected chi connectivity index (χ2v) is 8.82. The lowest BCUT2D eigenvalue weighted by Crippen LogP contribution is -2.55. The van der Waals surface area contributed by atoms with E-state index in [0.717, 1.165) is 35.0 Å². The molecule has 1 fully saturated rings. The Balaban J connectivity index is 1.65. The van der Waals surface area contributed by atoms with Crippen LogP contribution in [0.1, 0.15) is 57.9 Å². The van der Waals surface area contributed by atoms with Crippen LogP contribution in [0.5, 0.6) is 0 Å². The Hall–Kier alpha value is -2.00. The lowest BCUT2D eigenvalue weighted by molar-refractivity contribution is 0.150. The highest BCUT2D eigenvalue weighted by molar-refractivity contribution is 6.30. The largest absolute Gasteiger partial charge is 0.371 e. The van der Waals surface area contributed by atoms with Crippen LogP contribution in [0.3, 0.4) is 0 Å². The van der Waals surface area contributed by atoms with Gasteiger partial charge < -0.3 is 10.6 Å². The first-order valence-electron chi connectivity index (χ1n) is 10.5. The van der Waals surface area contributed by atoms with E-state index >= 15 is 0 Å². The number of nitrogens with zero attached hydrogens (tertiary/aromatic N) is 1. The van der Waals surface area contributed by atoms with Gasteiger partial charge in [0.15, 0.2) is 0 Å². The van der Waals surface area contributed by atoms with Gasteiger partial charge >= 0.3 is 0 Å². The van der Waals surface area contributed by atoms with E-state index in [0.29, 0.717) is 12.0 Å². The average molecular weight is 396 g/mol. The highest BCUT2D eigenvalue weighted by atomic mass is 35.5. The average Bonchev–Trinajstić information content (AvgIpc) is 2.73. The number of anilines is 2. The zero-order chi connectivity index (χ0) is 19.6. The van der Waals surface area contributed by atoms with Crippen LogP contribution >= 0.6 is 11.6 Å². The maximum absolute atomic E-state index is 6.16. The van der Waals surface area contributed by atoms with Gasteiger partial charge in [-0.1, -0.05) is 62.6 Å². The number of benzene rings is 2. The van der Waals surface area contributed by atoms with Gasteiger partial charge in [0, 0.05) is 5.02 Å². The fourth-order valence-corrected chi connectivity index (χ4v) is 5.00. The van der Waals surface area contributed by atoms with Gasteiger partial charge in [-0.3, -0.25) is 4.99 Å². The van der Waals surface area contributed by atoms with Gasteiger partial charge in [0.2, 0.25) is 0 Å². The van der Waals surface area contributed by atoms with Crippen LogP contribution in [0.25, 0.3) is 0 Å². The number of halogens is 1. The Morgan fingerprint density at radius 2 is 1.64 bits per heavy atom. The molecule has 0 unspecified atom stereocenters. The molecule has 0 aromatic heterocycles. The van der Waals surface area contributed by atoms with Crippen LogP contribution in [0.15, 0.2) is 53.5 Å². The van der Waals surface area contributed by atoms with Gasteiger partial charge in [-0.25, -0.2) is 0 Å². The molecule has 1 aliphatic carbocycles. The van der Waals surface area contributed by atoms with Crippen LogP contribution in [0.4, 0.5) is 11.4 Å². The lowest BCUT2D eigenvalue weighted by Gasteiger charge is -2.49. The standard InChI is InChI=1S/C24H30ClN3/c1-3-23(4-2)12-14-24(15-13-23)22(26-17-18-8-7-9-19(25)16-18)27-20-10-5-6-11-21(20)28-24/h5-11,16,28H,3-4,12-15,17H2,1-2H3,(H,26,27). The maximum Gasteiger partial charge on any atom is 0.127 e. The highest BCUT2D eigenvalue weighted by Gasteiger charge is 2.46. The van der Waals surface area contributed by atoms with Crippen LogP contribution < -0.4 is 10.6 Å². The quantitative estimate of drug-likeness (QED) is 0.590. The molecule has 1 spiro atoms. The van der Waals surface area contributed by atoms with E-state index in [1.165, 1.54) is 31.4 Å². The van der Waals surface area contributed by atoms with Crippen molar-refractivity contribution in [3.05, 3.63) is 59.1 Å². The summed E-state index contributed by atoms with van der Waals surface area (Å²) >= 11 is 6.16. The number of fused-ring (bicyclic) bond motifs is 1. The molecule has 2 aromatic rings. The lowest BCUT2D eigenvalue weighted by atomic mass is 9.64. The van der Waals surface area contributed by atoms with Gasteiger partial charge in [-0.15, -0.1) is 0 Å². The molecule has 1 heterocycles. The molecule has 1 saturated carbocycles. The number of hydrogen-bond donors (Lipinski definition) is 2. The summed E-state index contributed by atoms with van der Waals surface area (Å²) in [5.74, 6) is 1.08. The highest BCUT2D eigenvalue weighted by Crippen LogP contribution is 2.48. The predicted molar refractivity (Wildman–Crippen MR) is 120 cm³/mol. The van der Waals surface area contributed by atoms with Gasteiger partial charge in [0.1, 0.15) is 5.84 Å². The number of hydrogen-bond acceptors (Lipinski definition) is 2. The van der Waals surface area contributed by atoms with Crippen molar-refractivity contribution in [1.29, 1.82) is 0 Å². The summed E-state index contributed by atoms with van der Waals surface area (Å²) in [6, 6.07) is 16.4. The van der Waals surface area contributed by atoms with Gasteiger partial charge in [0.25, 0.3) is 0 Å². The first-order valence-corrected chi connectivity index (χ1v) is 10.9. The third kappa shape index (κ3) is 3.65. The van der Waals surface area contributed by atoms with E-state index in [1.54, 1.807) is 0 Å². The molecule has 4 rings (SSSR count). The first-order chi connectivity index (χ1) is 13.6. The molecule has 148 valence electrons. The summed E-state index contributed by atoms with van der Waals surface area (Å²) in [4.78, 5) is 5.05. The van der Waals surface area contributed by atoms with E-state index in [2.05, 4.69) is 54.8 Å². The molecule has 2 aromatic carbocycles. The maximum atomic E-state index is 6.16. The smallest absolute Gasteiger partial charge is 0.127 e. The molecule has 0 atom stereocenters. The third-order valence-electron chi connectivity index (χ3n) is 6.98. The Kier molecular flexibility index (Phi) is 5.37. The van der Waals surface area contributed by atoms with Crippen molar-refractivity contribution in [2.45, 2.75) is 64.5 Å². The molecule has 1 aliphatic heterocycles. The molecule has 3 nitrogen and oxygen atoms in total. The molecule has 4 heteroatoms. The first kappa shape index (κ1) is 19.3. The topological polar surface area (TPSA) is 36.4 Å². The van der Waals surface area contributed by atoms with Crippen LogP contribution in [-0.4, -0.2) is 11.4 Å². The predicted octanol–water partition coefficient (Wildman–Crippen LogP) is 6.90. The van der Waals surface area contributed by atoms with Crippen molar-refractivity contribution >= 4 is 28.8 Å². The molecule has 28 heavy (non-hydrogen) atoms. The zero-order valence-corrected chi connectivity index (χ0v) is 17.6. The number of rotatable bonds is 4. The monoisotopic (exact) mass is 395 g/mol. The van der Waals surface area contributed by atoms with Crippen molar-refractivity contribution in [2.24, 2.45) is 10.4 Å². The van der Waals surface area contributed by atoms with E-state index in [9.17, 15) is 0 Å². The Morgan fingerprint density at radius 3 is 2.32 bits per heavy atom. The molecular weight excluding hydrogens is 366 g/mol. The molecule has 2 N–H and O–H groups in total. The molecule has 0 amide bonds. The Bertz CT molecular complexity index is 860. The minimum atomic E-state index is -0.0965. The number of aliphatic imine (C=N–C) groups is 1. The van der Waals surface area contributed by atoms with Gasteiger partial charge in [-0.2, -0.15) is 0 Å². The minimum Gasteiger partial charge on any atom is -0.371 e. The molecule has 0 bridgehead atoms. The number of para-hydroxylation sites is 2. The number of nitrogens with one attached hydrogen (secondary N) is 2. The molecule has 0 saturated heterocycles. The second-order valence-electron chi connectivity index (χ2n) is 8.38. The molecule has 2 aliphatic rings. The Morgan fingerprint density at radius 1 is 0.929 bits per heavy atom. The fraction of sp³-hybridized carbons (Fsp3) is 0.458. The van der Waals surface area contributed by atoms with E-state index in [1.807, 2.05) is 18.2 Å². The van der Waals surface area contributed by atoms with Crippen LogP contribution in [0.2, 0.25) is 5.02 Å². The summed E-state index contributed by atoms with van der Waals surface area (Å²) in [5.41, 5.74) is 3.83. The SMILES string of the molecule is CCC1(CC)CCC2(CC1)Nc1ccccc1NC2=NCc1cccc(Cl)c1. The summed E-state index contributed by atoms with van der Waals surface area (Å²) in [6.45, 7) is 5.33. The van der Waals surface area contributed by atoms with Crippen molar-refractivity contribution < 1.29 is 0 Å². The van der Waals surface area contributed by atoms with E-state index in [-0.39, 0.29) is 5.54 Å². The summed E-state index contributed by atoms with van der Waals surface area (Å²) in [7, 11) is 0. The van der Waals surface area contributed by atoms with Crippen molar-refractivity contribution in [1.82, 2.24) is 0 Å². The van der Waals surface area contributed by atoms with Crippen molar-refractivity contribution in [2.75, 3.05) is 10.6 Å². The third-order valence-corrected chi connectivity index (χ3v) is 7.22. The summed E-state index contributed by atoms with van der Waals surface area (Å²) in [6.07, 6.45) is 7.24. The number of amidine groups is 1. The van der Waals surface area contributed by atoms with Crippen molar-refractivity contribution in [3.8, 4) is 0 Å². The minimum absolute atomic E-state index is 0.0965. The van der Waals surface area contributed by atoms with Crippen LogP contribution in [-0.2, 0) is 6.54 Å².